The number of hydrogen-bond acceptors (Lipinski definition) is 4. The third-order valence-corrected chi connectivity index (χ3v) is 4.86. The summed E-state index contributed by atoms with van der Waals surface area (Å²) in [5.74, 6) is -0.596. The van der Waals surface area contributed by atoms with Gasteiger partial charge in [-0.15, -0.1) is 11.3 Å². The van der Waals surface area contributed by atoms with E-state index in [1.807, 2.05) is 12.3 Å². The van der Waals surface area contributed by atoms with Crippen molar-refractivity contribution in [1.82, 2.24) is 10.3 Å². The van der Waals surface area contributed by atoms with E-state index in [2.05, 4.69) is 24.1 Å². The Hall–Kier alpha value is -2.21. The van der Waals surface area contributed by atoms with Crippen LogP contribution in [0.15, 0.2) is 29.6 Å². The van der Waals surface area contributed by atoms with Crippen LogP contribution in [-0.2, 0) is 11.2 Å². The third-order valence-electron chi connectivity index (χ3n) is 3.70. The smallest absolute Gasteiger partial charge is 0.335 e. The lowest BCUT2D eigenvalue weighted by Crippen LogP contribution is -2.27. The van der Waals surface area contributed by atoms with Crippen LogP contribution in [0.25, 0.3) is 0 Å². The molecule has 128 valence electrons. The molecule has 0 aliphatic heterocycles. The van der Waals surface area contributed by atoms with Crippen molar-refractivity contribution in [2.45, 2.75) is 45.6 Å². The van der Waals surface area contributed by atoms with Crippen LogP contribution in [-0.4, -0.2) is 22.0 Å². The first-order valence-electron chi connectivity index (χ1n) is 7.93. The highest BCUT2D eigenvalue weighted by Crippen LogP contribution is 2.22. The molecule has 1 amide bonds. The number of aromatic carboxylic acids is 1. The number of rotatable bonds is 7. The maximum absolute atomic E-state index is 12.1. The number of carboxylic acids is 1. The van der Waals surface area contributed by atoms with Gasteiger partial charge in [0.15, 0.2) is 0 Å². The molecule has 2 rings (SSSR count). The van der Waals surface area contributed by atoms with Gasteiger partial charge in [-0.05, 0) is 31.0 Å². The number of carbonyl (C=O) groups is 2. The number of aryl methyl sites for hydroxylation is 1. The standard InChI is InChI=1S/C18H22N2O3S/c1-11(2)17-20-15(10-24-17)12(3)19-16(21)9-6-13-4-7-14(8-5-13)18(22)23/h4-5,7-8,10-12H,6,9H2,1-3H3,(H,19,21)(H,22,23)/t12-/m1/s1. The lowest BCUT2D eigenvalue weighted by molar-refractivity contribution is -0.121. The van der Waals surface area contributed by atoms with Crippen LogP contribution in [0.3, 0.4) is 0 Å². The zero-order chi connectivity index (χ0) is 17.7. The van der Waals surface area contributed by atoms with Crippen molar-refractivity contribution in [1.29, 1.82) is 0 Å². The minimum atomic E-state index is -0.947. The summed E-state index contributed by atoms with van der Waals surface area (Å²) < 4.78 is 0. The molecule has 0 unspecified atom stereocenters. The van der Waals surface area contributed by atoms with Crippen molar-refractivity contribution in [3.05, 3.63) is 51.5 Å². The average molecular weight is 346 g/mol. The van der Waals surface area contributed by atoms with E-state index in [9.17, 15) is 9.59 Å². The molecule has 0 spiro atoms. The summed E-state index contributed by atoms with van der Waals surface area (Å²) in [5, 5.41) is 14.9. The fourth-order valence-corrected chi connectivity index (χ4v) is 3.15. The number of aromatic nitrogens is 1. The van der Waals surface area contributed by atoms with Crippen LogP contribution in [0.4, 0.5) is 0 Å². The lowest BCUT2D eigenvalue weighted by atomic mass is 10.1. The van der Waals surface area contributed by atoms with E-state index in [0.29, 0.717) is 18.8 Å². The number of thiazole rings is 1. The minimum Gasteiger partial charge on any atom is -0.478 e. The largest absolute Gasteiger partial charge is 0.478 e. The van der Waals surface area contributed by atoms with E-state index in [4.69, 9.17) is 5.11 Å². The molecule has 0 aliphatic rings. The highest BCUT2D eigenvalue weighted by atomic mass is 32.1. The predicted molar refractivity (Wildman–Crippen MR) is 94.5 cm³/mol. The lowest BCUT2D eigenvalue weighted by Gasteiger charge is -2.12. The van der Waals surface area contributed by atoms with E-state index in [1.54, 1.807) is 35.6 Å². The molecule has 5 nitrogen and oxygen atoms in total. The van der Waals surface area contributed by atoms with E-state index in [-0.39, 0.29) is 17.5 Å². The number of hydrogen-bond donors (Lipinski definition) is 2. The minimum absolute atomic E-state index is 0.0380. The fourth-order valence-electron chi connectivity index (χ4n) is 2.22. The topological polar surface area (TPSA) is 79.3 Å². The average Bonchev–Trinajstić information content (AvgIpc) is 3.03. The van der Waals surface area contributed by atoms with Crippen molar-refractivity contribution in [3.63, 3.8) is 0 Å². The van der Waals surface area contributed by atoms with Gasteiger partial charge in [0.2, 0.25) is 5.91 Å². The van der Waals surface area contributed by atoms with Gasteiger partial charge in [0, 0.05) is 17.7 Å². The molecule has 0 fully saturated rings. The van der Waals surface area contributed by atoms with E-state index in [1.165, 1.54) is 0 Å². The number of carboxylic acid groups (broad SMARTS) is 1. The van der Waals surface area contributed by atoms with E-state index in [0.717, 1.165) is 16.3 Å². The molecule has 6 heteroatoms. The van der Waals surface area contributed by atoms with Crippen LogP contribution in [0.1, 0.15) is 65.8 Å². The second-order valence-corrected chi connectivity index (χ2v) is 6.95. The number of nitrogens with zero attached hydrogens (tertiary/aromatic N) is 1. The zero-order valence-electron chi connectivity index (χ0n) is 14.1. The van der Waals surface area contributed by atoms with Gasteiger partial charge in [-0.2, -0.15) is 0 Å². The van der Waals surface area contributed by atoms with Crippen molar-refractivity contribution in [3.8, 4) is 0 Å². The van der Waals surface area contributed by atoms with Gasteiger partial charge in [0.1, 0.15) is 0 Å². The Morgan fingerprint density at radius 3 is 2.42 bits per heavy atom. The maximum atomic E-state index is 12.1. The summed E-state index contributed by atoms with van der Waals surface area (Å²) in [5.41, 5.74) is 2.09. The quantitative estimate of drug-likeness (QED) is 0.800. The molecule has 24 heavy (non-hydrogen) atoms. The van der Waals surface area contributed by atoms with Gasteiger partial charge < -0.3 is 10.4 Å². The van der Waals surface area contributed by atoms with Gasteiger partial charge in [-0.3, -0.25) is 4.79 Å². The Bertz CT molecular complexity index is 707. The van der Waals surface area contributed by atoms with E-state index >= 15 is 0 Å². The summed E-state index contributed by atoms with van der Waals surface area (Å²) in [7, 11) is 0. The van der Waals surface area contributed by atoms with Crippen LogP contribution in [0, 0.1) is 0 Å². The Kier molecular flexibility index (Phi) is 6.09. The van der Waals surface area contributed by atoms with Crippen LogP contribution in [0.2, 0.25) is 0 Å². The Morgan fingerprint density at radius 2 is 1.88 bits per heavy atom. The van der Waals surface area contributed by atoms with Crippen LogP contribution >= 0.6 is 11.3 Å². The summed E-state index contributed by atoms with van der Waals surface area (Å²) in [4.78, 5) is 27.5. The zero-order valence-corrected chi connectivity index (χ0v) is 14.9. The number of nitrogens with one attached hydrogen (secondary N) is 1. The normalized spacial score (nSPS) is 12.2. The molecule has 0 aliphatic carbocycles. The second-order valence-electron chi connectivity index (χ2n) is 6.06. The first kappa shape index (κ1) is 18.1. The Morgan fingerprint density at radius 1 is 1.21 bits per heavy atom. The molecule has 0 saturated carbocycles. The molecule has 0 radical (unpaired) electrons. The molecule has 1 heterocycles. The molecule has 2 aromatic rings. The maximum Gasteiger partial charge on any atom is 0.335 e. The van der Waals surface area contributed by atoms with Crippen molar-refractivity contribution < 1.29 is 14.7 Å². The van der Waals surface area contributed by atoms with E-state index < -0.39 is 5.97 Å². The fraction of sp³-hybridized carbons (Fsp3) is 0.389. The van der Waals surface area contributed by atoms with Gasteiger partial charge in [-0.1, -0.05) is 26.0 Å². The first-order chi connectivity index (χ1) is 11.4. The Balaban J connectivity index is 1.84. The molecule has 1 aromatic carbocycles. The van der Waals surface area contributed by atoms with Gasteiger partial charge >= 0.3 is 5.97 Å². The number of benzene rings is 1. The van der Waals surface area contributed by atoms with Gasteiger partial charge in [0.05, 0.1) is 22.3 Å². The van der Waals surface area contributed by atoms with Gasteiger partial charge in [-0.25, -0.2) is 9.78 Å². The van der Waals surface area contributed by atoms with Crippen LogP contribution in [0.5, 0.6) is 0 Å². The predicted octanol–water partition coefficient (Wildman–Crippen LogP) is 3.77. The first-order valence-corrected chi connectivity index (χ1v) is 8.81. The summed E-state index contributed by atoms with van der Waals surface area (Å²) in [6, 6.07) is 6.49. The molecule has 0 bridgehead atoms. The highest BCUT2D eigenvalue weighted by Gasteiger charge is 2.14. The SMILES string of the molecule is CC(C)c1nc([C@@H](C)NC(=O)CCc2ccc(C(=O)O)cc2)cs1. The third kappa shape index (κ3) is 4.89. The monoisotopic (exact) mass is 346 g/mol. The van der Waals surface area contributed by atoms with Gasteiger partial charge in [0.25, 0.3) is 0 Å². The molecule has 0 saturated heterocycles. The number of carbonyl (C=O) groups excluding carboxylic acids is 1. The summed E-state index contributed by atoms with van der Waals surface area (Å²) in [6.45, 7) is 6.13. The molecule has 1 atom stereocenters. The highest BCUT2D eigenvalue weighted by molar-refractivity contribution is 7.09. The van der Waals surface area contributed by atoms with Crippen molar-refractivity contribution >= 4 is 23.2 Å². The summed E-state index contributed by atoms with van der Waals surface area (Å²) in [6.07, 6.45) is 0.935. The molecule has 1 aromatic heterocycles. The van der Waals surface area contributed by atoms with Crippen LogP contribution < -0.4 is 5.32 Å². The van der Waals surface area contributed by atoms with Crippen molar-refractivity contribution in [2.75, 3.05) is 0 Å². The summed E-state index contributed by atoms with van der Waals surface area (Å²) >= 11 is 1.62. The Labute approximate surface area is 145 Å². The number of amides is 1. The molecular formula is C18H22N2O3S. The molecular weight excluding hydrogens is 324 g/mol. The molecule has 2 N–H and O–H groups in total. The second kappa shape index (κ2) is 8.06. The van der Waals surface area contributed by atoms with Crippen molar-refractivity contribution in [2.24, 2.45) is 0 Å².